The normalized spacial score (nSPS) is 35.7. The van der Waals surface area contributed by atoms with Crippen molar-refractivity contribution in [1.82, 2.24) is 9.80 Å². The largest absolute Gasteiger partial charge is 0.368 e. The van der Waals surface area contributed by atoms with Crippen LogP contribution in [0, 0.1) is 5.92 Å². The molecule has 6 heteroatoms. The highest BCUT2D eigenvalue weighted by Crippen LogP contribution is 2.40. The average Bonchev–Trinajstić information content (AvgIpc) is 2.93. The highest BCUT2D eigenvalue weighted by molar-refractivity contribution is 8.00. The van der Waals surface area contributed by atoms with E-state index in [1.54, 1.807) is 16.7 Å². The third-order valence-corrected chi connectivity index (χ3v) is 5.75. The van der Waals surface area contributed by atoms with Crippen LogP contribution in [0.3, 0.4) is 0 Å². The second kappa shape index (κ2) is 5.32. The number of likely N-dealkylation sites (tertiary alicyclic amines) is 1. The van der Waals surface area contributed by atoms with E-state index in [1.807, 2.05) is 0 Å². The van der Waals surface area contributed by atoms with E-state index in [0.29, 0.717) is 5.75 Å². The van der Waals surface area contributed by atoms with Crippen LogP contribution in [0.4, 0.5) is 0 Å². The van der Waals surface area contributed by atoms with Crippen molar-refractivity contribution in [2.24, 2.45) is 11.7 Å². The van der Waals surface area contributed by atoms with E-state index in [0.717, 1.165) is 26.1 Å². The van der Waals surface area contributed by atoms with Gasteiger partial charge in [0.05, 0.1) is 11.3 Å². The van der Waals surface area contributed by atoms with Crippen LogP contribution >= 0.6 is 11.8 Å². The molecule has 0 aromatic heterocycles. The first kappa shape index (κ1) is 13.2. The number of primary amides is 1. The molecule has 0 bridgehead atoms. The van der Waals surface area contributed by atoms with E-state index in [1.165, 1.54) is 19.3 Å². The van der Waals surface area contributed by atoms with Crippen LogP contribution in [0.25, 0.3) is 0 Å². The molecule has 0 aromatic rings. The molecule has 19 heavy (non-hydrogen) atoms. The summed E-state index contributed by atoms with van der Waals surface area (Å²) in [6, 6.07) is -0.381. The van der Waals surface area contributed by atoms with Crippen molar-refractivity contribution in [1.29, 1.82) is 0 Å². The predicted molar refractivity (Wildman–Crippen MR) is 74.5 cm³/mol. The van der Waals surface area contributed by atoms with E-state index in [-0.39, 0.29) is 29.1 Å². The summed E-state index contributed by atoms with van der Waals surface area (Å²) in [6.07, 6.45) is 4.67. The highest BCUT2D eigenvalue weighted by Gasteiger charge is 2.49. The van der Waals surface area contributed by atoms with Gasteiger partial charge in [-0.25, -0.2) is 0 Å². The molecule has 3 aliphatic heterocycles. The van der Waals surface area contributed by atoms with Crippen LogP contribution in [0.5, 0.6) is 0 Å². The molecule has 0 saturated carbocycles. The Balaban J connectivity index is 1.63. The number of thioether (sulfide) groups is 1. The number of amides is 2. The summed E-state index contributed by atoms with van der Waals surface area (Å²) < 4.78 is 0. The summed E-state index contributed by atoms with van der Waals surface area (Å²) in [6.45, 7) is 3.08. The topological polar surface area (TPSA) is 66.6 Å². The maximum atomic E-state index is 12.5. The maximum absolute atomic E-state index is 12.5. The summed E-state index contributed by atoms with van der Waals surface area (Å²) in [5, 5.41) is 0.180. The minimum atomic E-state index is -0.381. The third kappa shape index (κ3) is 2.48. The van der Waals surface area contributed by atoms with Gasteiger partial charge < -0.3 is 15.5 Å². The number of nitrogens with zero attached hydrogens (tertiary/aromatic N) is 2. The highest BCUT2D eigenvalue weighted by atomic mass is 32.2. The molecule has 3 fully saturated rings. The van der Waals surface area contributed by atoms with Gasteiger partial charge in [-0.05, 0) is 32.4 Å². The van der Waals surface area contributed by atoms with Crippen molar-refractivity contribution < 1.29 is 9.59 Å². The maximum Gasteiger partial charge on any atom is 0.241 e. The minimum absolute atomic E-state index is 0.0674. The summed E-state index contributed by atoms with van der Waals surface area (Å²) >= 11 is 1.70. The lowest BCUT2D eigenvalue weighted by atomic mass is 10.0. The zero-order valence-electron chi connectivity index (χ0n) is 11.1. The van der Waals surface area contributed by atoms with Gasteiger partial charge in [0, 0.05) is 12.3 Å². The summed E-state index contributed by atoms with van der Waals surface area (Å²) in [7, 11) is 0. The van der Waals surface area contributed by atoms with Crippen molar-refractivity contribution in [2.45, 2.75) is 37.1 Å². The monoisotopic (exact) mass is 283 g/mol. The molecule has 2 N–H and O–H groups in total. The lowest BCUT2D eigenvalue weighted by Crippen LogP contribution is -2.46. The quantitative estimate of drug-likeness (QED) is 0.806. The van der Waals surface area contributed by atoms with Crippen LogP contribution in [0.2, 0.25) is 0 Å². The Labute approximate surface area is 117 Å². The summed E-state index contributed by atoms with van der Waals surface area (Å²) in [4.78, 5) is 28.0. The Morgan fingerprint density at radius 3 is 2.74 bits per heavy atom. The molecule has 5 nitrogen and oxygen atoms in total. The standard InChI is InChI=1S/C13H21N3O2S/c14-12(17)10-8-19-11-6-9(13(18)16(10)11)7-15-4-2-1-3-5-15/h9-11H,1-8H2,(H2,14,17). The Morgan fingerprint density at radius 2 is 2.05 bits per heavy atom. The van der Waals surface area contributed by atoms with Crippen molar-refractivity contribution in [3.05, 3.63) is 0 Å². The lowest BCUT2D eigenvalue weighted by Gasteiger charge is -2.28. The number of piperidine rings is 1. The Kier molecular flexibility index (Phi) is 3.71. The van der Waals surface area contributed by atoms with Gasteiger partial charge in [0.1, 0.15) is 6.04 Å². The van der Waals surface area contributed by atoms with Gasteiger partial charge >= 0.3 is 0 Å². The molecule has 2 amide bonds. The van der Waals surface area contributed by atoms with Crippen LogP contribution < -0.4 is 5.73 Å². The molecule has 3 unspecified atom stereocenters. The fourth-order valence-corrected chi connectivity index (χ4v) is 4.93. The molecule has 106 valence electrons. The molecule has 0 spiro atoms. The first-order valence-electron chi connectivity index (χ1n) is 7.12. The van der Waals surface area contributed by atoms with Crippen LogP contribution in [-0.4, -0.2) is 58.4 Å². The first-order valence-corrected chi connectivity index (χ1v) is 8.17. The van der Waals surface area contributed by atoms with E-state index < -0.39 is 0 Å². The Hall–Kier alpha value is -0.750. The first-order chi connectivity index (χ1) is 9.16. The smallest absolute Gasteiger partial charge is 0.241 e. The van der Waals surface area contributed by atoms with Gasteiger partial charge in [-0.3, -0.25) is 9.59 Å². The number of carbonyl (C=O) groups is 2. The number of hydrogen-bond donors (Lipinski definition) is 1. The number of carbonyl (C=O) groups excluding carboxylic acids is 2. The predicted octanol–water partition coefficient (Wildman–Crippen LogP) is 0.248. The van der Waals surface area contributed by atoms with Crippen molar-refractivity contribution in [2.75, 3.05) is 25.4 Å². The number of nitrogens with two attached hydrogens (primary N) is 1. The molecular weight excluding hydrogens is 262 g/mol. The van der Waals surface area contributed by atoms with Gasteiger partial charge in [0.2, 0.25) is 11.8 Å². The summed E-state index contributed by atoms with van der Waals surface area (Å²) in [5.74, 6) is 0.520. The molecule has 0 aliphatic carbocycles. The van der Waals surface area contributed by atoms with Gasteiger partial charge in [-0.2, -0.15) is 0 Å². The van der Waals surface area contributed by atoms with Crippen LogP contribution in [-0.2, 0) is 9.59 Å². The molecular formula is C13H21N3O2S. The van der Waals surface area contributed by atoms with Gasteiger partial charge in [0.15, 0.2) is 0 Å². The molecule has 3 aliphatic rings. The van der Waals surface area contributed by atoms with Crippen molar-refractivity contribution >= 4 is 23.6 Å². The van der Waals surface area contributed by atoms with Crippen molar-refractivity contribution in [3.8, 4) is 0 Å². The van der Waals surface area contributed by atoms with E-state index in [4.69, 9.17) is 5.73 Å². The zero-order chi connectivity index (χ0) is 13.4. The Morgan fingerprint density at radius 1 is 1.32 bits per heavy atom. The second-order valence-corrected chi connectivity index (χ2v) is 6.96. The molecule has 3 atom stereocenters. The summed E-state index contributed by atoms with van der Waals surface area (Å²) in [5.41, 5.74) is 5.39. The lowest BCUT2D eigenvalue weighted by molar-refractivity contribution is -0.137. The van der Waals surface area contributed by atoms with E-state index >= 15 is 0 Å². The third-order valence-electron chi connectivity index (χ3n) is 4.44. The number of rotatable bonds is 3. The van der Waals surface area contributed by atoms with E-state index in [2.05, 4.69) is 4.90 Å². The van der Waals surface area contributed by atoms with E-state index in [9.17, 15) is 9.59 Å². The number of hydrogen-bond acceptors (Lipinski definition) is 4. The number of fused-ring (bicyclic) bond motifs is 1. The molecule has 3 heterocycles. The zero-order valence-corrected chi connectivity index (χ0v) is 11.9. The molecule has 0 radical (unpaired) electrons. The van der Waals surface area contributed by atoms with Gasteiger partial charge in [-0.15, -0.1) is 11.8 Å². The average molecular weight is 283 g/mol. The van der Waals surface area contributed by atoms with Crippen LogP contribution in [0.15, 0.2) is 0 Å². The molecule has 3 saturated heterocycles. The van der Waals surface area contributed by atoms with Crippen LogP contribution in [0.1, 0.15) is 25.7 Å². The van der Waals surface area contributed by atoms with Gasteiger partial charge in [0.25, 0.3) is 0 Å². The fourth-order valence-electron chi connectivity index (χ4n) is 3.42. The fraction of sp³-hybridized carbons (Fsp3) is 0.846. The van der Waals surface area contributed by atoms with Crippen molar-refractivity contribution in [3.63, 3.8) is 0 Å². The second-order valence-electron chi connectivity index (χ2n) is 5.75. The van der Waals surface area contributed by atoms with Gasteiger partial charge in [-0.1, -0.05) is 6.42 Å². The Bertz CT molecular complexity index is 384. The molecule has 3 rings (SSSR count). The SMILES string of the molecule is NC(=O)C1CSC2CC(CN3CCCCC3)C(=O)N21. The molecule has 0 aromatic carbocycles. The minimum Gasteiger partial charge on any atom is -0.368 e.